The number of anilines is 1. The summed E-state index contributed by atoms with van der Waals surface area (Å²) in [7, 11) is 0.373. The number of benzene rings is 1. The van der Waals surface area contributed by atoms with Gasteiger partial charge in [-0.15, -0.1) is 0 Å². The molecule has 0 bridgehead atoms. The van der Waals surface area contributed by atoms with Gasteiger partial charge in [-0.3, -0.25) is 0 Å². The first kappa shape index (κ1) is 18.9. The van der Waals surface area contributed by atoms with Gasteiger partial charge in [0.1, 0.15) is 16.5 Å². The second-order valence-corrected chi connectivity index (χ2v) is 8.74. The number of para-hydroxylation sites is 2. The van der Waals surface area contributed by atoms with Crippen molar-refractivity contribution in [2.75, 3.05) is 38.3 Å². The molecule has 0 saturated carbocycles. The van der Waals surface area contributed by atoms with Gasteiger partial charge < -0.3 is 14.2 Å². The number of fused-ring (bicyclic) bond motifs is 1. The summed E-state index contributed by atoms with van der Waals surface area (Å²) < 4.78 is 34.1. The van der Waals surface area contributed by atoms with Gasteiger partial charge in [-0.25, -0.2) is 18.4 Å². The number of imidazole rings is 1. The first-order valence-electron chi connectivity index (χ1n) is 9.12. The molecule has 2 aromatic heterocycles. The predicted octanol–water partition coefficient (Wildman–Crippen LogP) is 1.63. The van der Waals surface area contributed by atoms with E-state index < -0.39 is 10.0 Å². The van der Waals surface area contributed by atoms with Crippen molar-refractivity contribution in [3.05, 3.63) is 48.4 Å². The third-order valence-corrected chi connectivity index (χ3v) is 6.86. The van der Waals surface area contributed by atoms with Gasteiger partial charge in [-0.1, -0.05) is 12.1 Å². The van der Waals surface area contributed by atoms with Gasteiger partial charge in [-0.05, 0) is 24.3 Å². The molecular formula is C19H23N5O3S. The van der Waals surface area contributed by atoms with Crippen LogP contribution in [0.2, 0.25) is 0 Å². The van der Waals surface area contributed by atoms with Crippen molar-refractivity contribution in [2.45, 2.75) is 11.4 Å². The summed E-state index contributed by atoms with van der Waals surface area (Å²) in [6, 6.07) is 11.3. The molecule has 0 N–H and O–H groups in total. The highest BCUT2D eigenvalue weighted by molar-refractivity contribution is 7.89. The molecule has 1 aliphatic rings. The summed E-state index contributed by atoms with van der Waals surface area (Å²) >= 11 is 0. The Kier molecular flexibility index (Phi) is 5.05. The van der Waals surface area contributed by atoms with Crippen LogP contribution in [-0.2, 0) is 28.4 Å². The fraction of sp³-hybridized carbons (Fsp3) is 0.368. The Hall–Kier alpha value is -2.49. The Labute approximate surface area is 164 Å². The molecule has 0 amide bonds. The van der Waals surface area contributed by atoms with E-state index in [0.29, 0.717) is 38.7 Å². The number of aryl methyl sites for hydroxylation is 1. The van der Waals surface area contributed by atoms with Crippen molar-refractivity contribution in [3.8, 4) is 0 Å². The molecule has 0 atom stereocenters. The summed E-state index contributed by atoms with van der Waals surface area (Å²) in [6.45, 7) is 2.15. The van der Waals surface area contributed by atoms with Crippen molar-refractivity contribution < 1.29 is 13.2 Å². The lowest BCUT2D eigenvalue weighted by Gasteiger charge is -2.26. The lowest BCUT2D eigenvalue weighted by Crippen LogP contribution is -2.40. The number of hydrogen-bond acceptors (Lipinski definition) is 6. The van der Waals surface area contributed by atoms with Crippen molar-refractivity contribution in [1.82, 2.24) is 18.8 Å². The SMILES string of the molecule is CN(Cc1nc2ccccc2n1C)c1ccc(S(=O)(=O)N2CCOCC2)cn1. The van der Waals surface area contributed by atoms with E-state index in [1.165, 1.54) is 10.5 Å². The van der Waals surface area contributed by atoms with Crippen molar-refractivity contribution >= 4 is 26.9 Å². The quantitative estimate of drug-likeness (QED) is 0.646. The first-order chi connectivity index (χ1) is 13.5. The minimum absolute atomic E-state index is 0.203. The molecule has 1 aromatic carbocycles. The molecule has 4 rings (SSSR count). The number of sulfonamides is 1. The second kappa shape index (κ2) is 7.50. The van der Waals surface area contributed by atoms with E-state index in [2.05, 4.69) is 14.5 Å². The summed E-state index contributed by atoms with van der Waals surface area (Å²) in [5.74, 6) is 1.60. The number of rotatable bonds is 5. The fourth-order valence-electron chi connectivity index (χ4n) is 3.32. The summed E-state index contributed by atoms with van der Waals surface area (Å²) in [5.41, 5.74) is 2.03. The van der Waals surface area contributed by atoms with E-state index in [9.17, 15) is 8.42 Å². The summed E-state index contributed by atoms with van der Waals surface area (Å²) in [6.07, 6.45) is 1.42. The first-order valence-corrected chi connectivity index (χ1v) is 10.6. The van der Waals surface area contributed by atoms with Gasteiger partial charge in [0.05, 0.1) is 30.8 Å². The standard InChI is InChI=1S/C19H23N5O3S/c1-22(14-19-21-16-5-3-4-6-17(16)23(19)2)18-8-7-15(13-20-18)28(25,26)24-9-11-27-12-10-24/h3-8,13H,9-12,14H2,1-2H3. The second-order valence-electron chi connectivity index (χ2n) is 6.80. The maximum Gasteiger partial charge on any atom is 0.244 e. The molecule has 3 aromatic rings. The van der Waals surface area contributed by atoms with Gasteiger partial charge in [-0.2, -0.15) is 4.31 Å². The summed E-state index contributed by atoms with van der Waals surface area (Å²) in [4.78, 5) is 11.2. The molecule has 0 spiro atoms. The van der Waals surface area contributed by atoms with Gasteiger partial charge in [0.15, 0.2) is 0 Å². The number of pyridine rings is 1. The van der Waals surface area contributed by atoms with E-state index in [1.54, 1.807) is 12.1 Å². The Morgan fingerprint density at radius 3 is 2.57 bits per heavy atom. The minimum atomic E-state index is -3.53. The van der Waals surface area contributed by atoms with Crippen LogP contribution in [0.25, 0.3) is 11.0 Å². The highest BCUT2D eigenvalue weighted by atomic mass is 32.2. The Morgan fingerprint density at radius 1 is 1.14 bits per heavy atom. The van der Waals surface area contributed by atoms with Crippen LogP contribution in [0.3, 0.4) is 0 Å². The zero-order valence-corrected chi connectivity index (χ0v) is 16.8. The van der Waals surface area contributed by atoms with Gasteiger partial charge >= 0.3 is 0 Å². The lowest BCUT2D eigenvalue weighted by atomic mass is 10.3. The highest BCUT2D eigenvalue weighted by Crippen LogP contribution is 2.21. The molecule has 1 aliphatic heterocycles. The van der Waals surface area contributed by atoms with E-state index in [4.69, 9.17) is 4.74 Å². The van der Waals surface area contributed by atoms with Crippen LogP contribution in [0, 0.1) is 0 Å². The molecule has 148 valence electrons. The monoisotopic (exact) mass is 401 g/mol. The molecule has 0 aliphatic carbocycles. The van der Waals surface area contributed by atoms with Gasteiger partial charge in [0.25, 0.3) is 0 Å². The number of morpholine rings is 1. The van der Waals surface area contributed by atoms with Crippen molar-refractivity contribution in [3.63, 3.8) is 0 Å². The van der Waals surface area contributed by atoms with Crippen molar-refractivity contribution in [2.24, 2.45) is 7.05 Å². The Balaban J connectivity index is 1.52. The molecule has 1 saturated heterocycles. The van der Waals surface area contributed by atoms with E-state index in [1.807, 2.05) is 43.3 Å². The van der Waals surface area contributed by atoms with Crippen LogP contribution in [0.5, 0.6) is 0 Å². The van der Waals surface area contributed by atoms with Crippen LogP contribution in [0.15, 0.2) is 47.5 Å². The zero-order chi connectivity index (χ0) is 19.7. The average Bonchev–Trinajstić information content (AvgIpc) is 3.04. The van der Waals surface area contributed by atoms with E-state index in [0.717, 1.165) is 16.9 Å². The molecule has 9 heteroatoms. The van der Waals surface area contributed by atoms with Crippen LogP contribution < -0.4 is 4.90 Å². The Bertz CT molecular complexity index is 1070. The Morgan fingerprint density at radius 2 is 1.89 bits per heavy atom. The number of hydrogen-bond donors (Lipinski definition) is 0. The topological polar surface area (TPSA) is 80.6 Å². The van der Waals surface area contributed by atoms with Gasteiger partial charge in [0, 0.05) is 33.4 Å². The predicted molar refractivity (Wildman–Crippen MR) is 107 cm³/mol. The van der Waals surface area contributed by atoms with E-state index >= 15 is 0 Å². The largest absolute Gasteiger partial charge is 0.379 e. The van der Waals surface area contributed by atoms with Crippen molar-refractivity contribution in [1.29, 1.82) is 0 Å². The molecule has 28 heavy (non-hydrogen) atoms. The van der Waals surface area contributed by atoms with Crippen LogP contribution in [0.1, 0.15) is 5.82 Å². The normalized spacial score (nSPS) is 15.8. The molecule has 0 unspecified atom stereocenters. The maximum absolute atomic E-state index is 12.7. The molecule has 8 nitrogen and oxygen atoms in total. The highest BCUT2D eigenvalue weighted by Gasteiger charge is 2.26. The average molecular weight is 401 g/mol. The molecule has 0 radical (unpaired) electrons. The third kappa shape index (κ3) is 3.48. The van der Waals surface area contributed by atoms with Crippen LogP contribution in [-0.4, -0.2) is 60.6 Å². The smallest absolute Gasteiger partial charge is 0.244 e. The molecule has 3 heterocycles. The number of aromatic nitrogens is 3. The summed E-state index contributed by atoms with van der Waals surface area (Å²) in [5, 5.41) is 0. The molecule has 1 fully saturated rings. The molecular weight excluding hydrogens is 378 g/mol. The third-order valence-electron chi connectivity index (χ3n) is 4.98. The maximum atomic E-state index is 12.7. The van der Waals surface area contributed by atoms with Gasteiger partial charge in [0.2, 0.25) is 10.0 Å². The number of nitrogens with zero attached hydrogens (tertiary/aromatic N) is 5. The van der Waals surface area contributed by atoms with E-state index in [-0.39, 0.29) is 4.90 Å². The minimum Gasteiger partial charge on any atom is -0.379 e. The van der Waals surface area contributed by atoms with Crippen LogP contribution in [0.4, 0.5) is 5.82 Å². The van der Waals surface area contributed by atoms with Crippen LogP contribution >= 0.6 is 0 Å². The lowest BCUT2D eigenvalue weighted by molar-refractivity contribution is 0.0730. The number of ether oxygens (including phenoxy) is 1. The fourth-order valence-corrected chi connectivity index (χ4v) is 4.67. The zero-order valence-electron chi connectivity index (χ0n) is 15.9.